The van der Waals surface area contributed by atoms with Gasteiger partial charge in [-0.2, -0.15) is 0 Å². The van der Waals surface area contributed by atoms with Crippen molar-refractivity contribution in [3.05, 3.63) is 47.5 Å². The number of imidazole rings is 1. The van der Waals surface area contributed by atoms with Gasteiger partial charge < -0.3 is 10.3 Å². The van der Waals surface area contributed by atoms with Crippen LogP contribution in [0.15, 0.2) is 30.6 Å². The monoisotopic (exact) mass is 272 g/mol. The molecule has 2 rings (SSSR count). The van der Waals surface area contributed by atoms with Crippen molar-refractivity contribution >= 4 is 5.69 Å². The van der Waals surface area contributed by atoms with Crippen LogP contribution in [0, 0.1) is 6.92 Å². The summed E-state index contributed by atoms with van der Waals surface area (Å²) in [6.07, 6.45) is 1.74. The van der Waals surface area contributed by atoms with Crippen LogP contribution in [0.2, 0.25) is 0 Å². The molecule has 108 valence electrons. The summed E-state index contributed by atoms with van der Waals surface area (Å²) >= 11 is 0. The predicted molar refractivity (Wildman–Crippen MR) is 83.7 cm³/mol. The molecule has 0 fully saturated rings. The first-order valence-corrected chi connectivity index (χ1v) is 7.27. The molecular weight excluding hydrogens is 248 g/mol. The fourth-order valence-corrected chi connectivity index (χ4v) is 2.26. The largest absolute Gasteiger partial charge is 0.379 e. The van der Waals surface area contributed by atoms with Crippen LogP contribution in [-0.4, -0.2) is 28.0 Å². The fraction of sp³-hybridized carbons (Fsp3) is 0.438. The molecule has 1 aromatic heterocycles. The van der Waals surface area contributed by atoms with Crippen LogP contribution in [0.1, 0.15) is 30.8 Å². The molecule has 20 heavy (non-hydrogen) atoms. The quantitative estimate of drug-likeness (QED) is 0.813. The van der Waals surface area contributed by atoms with Crippen LogP contribution in [0.25, 0.3) is 0 Å². The van der Waals surface area contributed by atoms with Gasteiger partial charge in [-0.25, -0.2) is 4.98 Å². The Labute approximate surface area is 121 Å². The standard InChI is InChI=1S/C16H24N4/c1-4-20(5-2)11-14-8-6-7-9-15(14)17-10-16-13(3)18-12-19-16/h6-9,12,17H,4-5,10-11H2,1-3H3,(H,18,19). The highest BCUT2D eigenvalue weighted by Gasteiger charge is 2.07. The molecule has 2 N–H and O–H groups in total. The second-order valence-electron chi connectivity index (χ2n) is 4.95. The zero-order chi connectivity index (χ0) is 14.4. The predicted octanol–water partition coefficient (Wildman–Crippen LogP) is 3.17. The number of aryl methyl sites for hydroxylation is 1. The number of hydrogen-bond donors (Lipinski definition) is 2. The number of nitrogens with one attached hydrogen (secondary N) is 2. The number of benzene rings is 1. The molecule has 4 nitrogen and oxygen atoms in total. The Morgan fingerprint density at radius 3 is 2.60 bits per heavy atom. The number of H-pyrrole nitrogens is 1. The zero-order valence-electron chi connectivity index (χ0n) is 12.6. The lowest BCUT2D eigenvalue weighted by Crippen LogP contribution is -2.22. The number of aromatic nitrogens is 2. The summed E-state index contributed by atoms with van der Waals surface area (Å²) in [6.45, 7) is 10.3. The molecule has 0 aliphatic carbocycles. The van der Waals surface area contributed by atoms with Crippen molar-refractivity contribution in [3.8, 4) is 0 Å². The Kier molecular flexibility index (Phi) is 5.18. The van der Waals surface area contributed by atoms with E-state index in [1.807, 2.05) is 6.92 Å². The van der Waals surface area contributed by atoms with Crippen molar-refractivity contribution < 1.29 is 0 Å². The van der Waals surface area contributed by atoms with E-state index in [1.165, 1.54) is 11.3 Å². The van der Waals surface area contributed by atoms with Crippen molar-refractivity contribution in [1.82, 2.24) is 14.9 Å². The van der Waals surface area contributed by atoms with E-state index >= 15 is 0 Å². The fourth-order valence-electron chi connectivity index (χ4n) is 2.26. The maximum atomic E-state index is 4.33. The minimum absolute atomic E-state index is 0.755. The molecule has 1 heterocycles. The summed E-state index contributed by atoms with van der Waals surface area (Å²) in [5, 5.41) is 3.50. The number of para-hydroxylation sites is 1. The highest BCUT2D eigenvalue weighted by Crippen LogP contribution is 2.18. The van der Waals surface area contributed by atoms with Crippen LogP contribution in [0.5, 0.6) is 0 Å². The molecule has 0 amide bonds. The van der Waals surface area contributed by atoms with Crippen molar-refractivity contribution in [3.63, 3.8) is 0 Å². The van der Waals surface area contributed by atoms with Gasteiger partial charge in [-0.1, -0.05) is 32.0 Å². The third-order valence-corrected chi connectivity index (χ3v) is 3.69. The number of aromatic amines is 1. The molecule has 4 heteroatoms. The highest BCUT2D eigenvalue weighted by atomic mass is 15.1. The summed E-state index contributed by atoms with van der Waals surface area (Å²) in [5.41, 5.74) is 4.73. The van der Waals surface area contributed by atoms with E-state index in [9.17, 15) is 0 Å². The second-order valence-corrected chi connectivity index (χ2v) is 4.95. The molecule has 0 aliphatic rings. The normalized spacial score (nSPS) is 11.0. The lowest BCUT2D eigenvalue weighted by atomic mass is 10.1. The second kappa shape index (κ2) is 7.10. The van der Waals surface area contributed by atoms with E-state index in [0.717, 1.165) is 37.6 Å². The molecule has 0 radical (unpaired) electrons. The van der Waals surface area contributed by atoms with Crippen molar-refractivity contribution in [2.75, 3.05) is 18.4 Å². The van der Waals surface area contributed by atoms with Crippen LogP contribution < -0.4 is 5.32 Å². The van der Waals surface area contributed by atoms with E-state index in [-0.39, 0.29) is 0 Å². The van der Waals surface area contributed by atoms with Crippen molar-refractivity contribution in [2.24, 2.45) is 0 Å². The zero-order valence-corrected chi connectivity index (χ0v) is 12.6. The highest BCUT2D eigenvalue weighted by molar-refractivity contribution is 5.51. The lowest BCUT2D eigenvalue weighted by Gasteiger charge is -2.20. The molecule has 0 saturated heterocycles. The van der Waals surface area contributed by atoms with Crippen molar-refractivity contribution in [2.45, 2.75) is 33.9 Å². The SMILES string of the molecule is CCN(CC)Cc1ccccc1NCc1nc[nH]c1C. The van der Waals surface area contributed by atoms with E-state index < -0.39 is 0 Å². The molecule has 0 aliphatic heterocycles. The van der Waals surface area contributed by atoms with Gasteiger partial charge in [-0.15, -0.1) is 0 Å². The van der Waals surface area contributed by atoms with Gasteiger partial charge in [0.25, 0.3) is 0 Å². The molecule has 0 atom stereocenters. The Morgan fingerprint density at radius 1 is 1.20 bits per heavy atom. The maximum Gasteiger partial charge on any atom is 0.0925 e. The smallest absolute Gasteiger partial charge is 0.0925 e. The summed E-state index contributed by atoms with van der Waals surface area (Å²) in [7, 11) is 0. The minimum atomic E-state index is 0.755. The molecule has 0 bridgehead atoms. The van der Waals surface area contributed by atoms with Crippen LogP contribution in [0.4, 0.5) is 5.69 Å². The molecule has 0 spiro atoms. The van der Waals surface area contributed by atoms with Gasteiger partial charge in [0.15, 0.2) is 0 Å². The summed E-state index contributed by atoms with van der Waals surface area (Å²) in [4.78, 5) is 9.85. The number of rotatable bonds is 7. The third-order valence-electron chi connectivity index (χ3n) is 3.69. The molecule has 0 saturated carbocycles. The van der Waals surface area contributed by atoms with Gasteiger partial charge in [0.1, 0.15) is 0 Å². The molecular formula is C16H24N4. The van der Waals surface area contributed by atoms with Gasteiger partial charge in [-0.05, 0) is 31.6 Å². The Hall–Kier alpha value is -1.81. The number of hydrogen-bond acceptors (Lipinski definition) is 3. The molecule has 1 aromatic carbocycles. The molecule has 0 unspecified atom stereocenters. The summed E-state index contributed by atoms with van der Waals surface area (Å²) in [6, 6.07) is 8.51. The average molecular weight is 272 g/mol. The maximum absolute atomic E-state index is 4.33. The Bertz CT molecular complexity index is 529. The Balaban J connectivity index is 2.06. The number of nitrogens with zero attached hydrogens (tertiary/aromatic N) is 2. The van der Waals surface area contributed by atoms with Crippen LogP contribution in [-0.2, 0) is 13.1 Å². The first-order chi connectivity index (χ1) is 9.74. The van der Waals surface area contributed by atoms with Gasteiger partial charge in [-0.3, -0.25) is 4.90 Å². The van der Waals surface area contributed by atoms with Crippen molar-refractivity contribution in [1.29, 1.82) is 0 Å². The summed E-state index contributed by atoms with van der Waals surface area (Å²) < 4.78 is 0. The van der Waals surface area contributed by atoms with Gasteiger partial charge in [0.2, 0.25) is 0 Å². The first-order valence-electron chi connectivity index (χ1n) is 7.27. The molecule has 2 aromatic rings. The lowest BCUT2D eigenvalue weighted by molar-refractivity contribution is 0.296. The van der Waals surface area contributed by atoms with Gasteiger partial charge >= 0.3 is 0 Å². The topological polar surface area (TPSA) is 44.0 Å². The van der Waals surface area contributed by atoms with Gasteiger partial charge in [0, 0.05) is 17.9 Å². The first kappa shape index (κ1) is 14.6. The van der Waals surface area contributed by atoms with E-state index in [2.05, 4.69) is 58.3 Å². The average Bonchev–Trinajstić information content (AvgIpc) is 2.89. The summed E-state index contributed by atoms with van der Waals surface area (Å²) in [5.74, 6) is 0. The number of anilines is 1. The minimum Gasteiger partial charge on any atom is -0.379 e. The van der Waals surface area contributed by atoms with Crippen LogP contribution in [0.3, 0.4) is 0 Å². The van der Waals surface area contributed by atoms with Crippen LogP contribution >= 0.6 is 0 Å². The third kappa shape index (κ3) is 3.61. The van der Waals surface area contributed by atoms with E-state index in [1.54, 1.807) is 6.33 Å². The Morgan fingerprint density at radius 2 is 1.95 bits per heavy atom. The van der Waals surface area contributed by atoms with E-state index in [4.69, 9.17) is 0 Å². The van der Waals surface area contributed by atoms with Gasteiger partial charge in [0.05, 0.1) is 18.6 Å². The van der Waals surface area contributed by atoms with E-state index in [0.29, 0.717) is 0 Å².